The summed E-state index contributed by atoms with van der Waals surface area (Å²) in [6.07, 6.45) is 5.60. The average molecular weight is 353 g/mol. The molecule has 0 unspecified atom stereocenters. The van der Waals surface area contributed by atoms with E-state index in [9.17, 15) is 14.4 Å². The smallest absolute Gasteiger partial charge is 0.335 e. The van der Waals surface area contributed by atoms with Gasteiger partial charge in [-0.25, -0.2) is 4.79 Å². The molecule has 0 saturated heterocycles. The Labute approximate surface area is 150 Å². The van der Waals surface area contributed by atoms with Crippen LogP contribution in [0.3, 0.4) is 0 Å². The molecule has 3 rings (SSSR count). The van der Waals surface area contributed by atoms with Crippen molar-refractivity contribution in [3.8, 4) is 0 Å². The lowest BCUT2D eigenvalue weighted by molar-refractivity contribution is 0.0696. The number of carbonyl (C=O) groups is 3. The molecule has 1 saturated carbocycles. The molecule has 1 fully saturated rings. The van der Waals surface area contributed by atoms with Crippen molar-refractivity contribution in [1.29, 1.82) is 0 Å². The predicted octanol–water partition coefficient (Wildman–Crippen LogP) is 2.70. The fraction of sp³-hybridized carbons (Fsp3) is 0.263. The molecule has 1 aliphatic carbocycles. The van der Waals surface area contributed by atoms with Crippen LogP contribution in [0.5, 0.6) is 0 Å². The van der Waals surface area contributed by atoms with Gasteiger partial charge in [-0.3, -0.25) is 14.6 Å². The van der Waals surface area contributed by atoms with Crippen molar-refractivity contribution in [2.75, 3.05) is 5.32 Å². The number of rotatable bonds is 5. The summed E-state index contributed by atoms with van der Waals surface area (Å²) in [7, 11) is 0. The Morgan fingerprint density at radius 3 is 2.31 bits per heavy atom. The highest BCUT2D eigenvalue weighted by Gasteiger charge is 2.18. The fourth-order valence-electron chi connectivity index (χ4n) is 2.93. The van der Waals surface area contributed by atoms with Gasteiger partial charge in [0.2, 0.25) is 0 Å². The minimum atomic E-state index is -1.13. The van der Waals surface area contributed by atoms with Crippen LogP contribution in [0, 0.1) is 0 Å². The van der Waals surface area contributed by atoms with Crippen molar-refractivity contribution in [2.24, 2.45) is 0 Å². The Morgan fingerprint density at radius 1 is 0.962 bits per heavy atom. The van der Waals surface area contributed by atoms with E-state index in [1.54, 1.807) is 24.3 Å². The molecule has 2 amide bonds. The zero-order valence-electron chi connectivity index (χ0n) is 14.1. The van der Waals surface area contributed by atoms with Gasteiger partial charge in [0, 0.05) is 23.5 Å². The van der Waals surface area contributed by atoms with E-state index in [1.165, 1.54) is 18.3 Å². The molecule has 7 heteroatoms. The number of amides is 2. The number of carboxylic acid groups (broad SMARTS) is 1. The van der Waals surface area contributed by atoms with E-state index in [1.807, 2.05) is 0 Å². The van der Waals surface area contributed by atoms with Gasteiger partial charge < -0.3 is 15.7 Å². The molecule has 3 N–H and O–H groups in total. The normalized spacial score (nSPS) is 14.0. The summed E-state index contributed by atoms with van der Waals surface area (Å²) >= 11 is 0. The molecule has 0 atom stereocenters. The maximum Gasteiger partial charge on any atom is 0.335 e. The molecular weight excluding hydrogens is 334 g/mol. The fourth-order valence-corrected chi connectivity index (χ4v) is 2.93. The van der Waals surface area contributed by atoms with Crippen molar-refractivity contribution in [3.05, 3.63) is 59.4 Å². The number of carboxylic acids is 1. The Kier molecular flexibility index (Phi) is 5.26. The lowest BCUT2D eigenvalue weighted by Gasteiger charge is -2.12. The highest BCUT2D eigenvalue weighted by molar-refractivity contribution is 6.04. The summed E-state index contributed by atoms with van der Waals surface area (Å²) in [5.74, 6) is -1.76. The van der Waals surface area contributed by atoms with E-state index in [0.29, 0.717) is 11.3 Å². The SMILES string of the molecule is O=C(O)c1ccnc(C(=O)Nc2ccc(C(=O)NC3CCCC3)cc2)c1. The number of aromatic nitrogens is 1. The van der Waals surface area contributed by atoms with Gasteiger partial charge >= 0.3 is 5.97 Å². The predicted molar refractivity (Wildman–Crippen MR) is 95.3 cm³/mol. The standard InChI is InChI=1S/C19H19N3O4/c23-17(21-14-3-1-2-4-14)12-5-7-15(8-6-12)22-18(24)16-11-13(19(25)26)9-10-20-16/h5-11,14H,1-4H2,(H,21,23)(H,22,24)(H,25,26). The van der Waals surface area contributed by atoms with Gasteiger partial charge in [0.1, 0.15) is 5.69 Å². The van der Waals surface area contributed by atoms with Crippen LogP contribution in [0.25, 0.3) is 0 Å². The van der Waals surface area contributed by atoms with E-state index < -0.39 is 11.9 Å². The Morgan fingerprint density at radius 2 is 1.65 bits per heavy atom. The molecular formula is C19H19N3O4. The lowest BCUT2D eigenvalue weighted by Crippen LogP contribution is -2.32. The molecule has 0 bridgehead atoms. The summed E-state index contributed by atoms with van der Waals surface area (Å²) in [5, 5.41) is 14.6. The van der Waals surface area contributed by atoms with Crippen molar-refractivity contribution < 1.29 is 19.5 Å². The van der Waals surface area contributed by atoms with E-state index in [-0.39, 0.29) is 23.2 Å². The zero-order chi connectivity index (χ0) is 18.5. The maximum absolute atomic E-state index is 12.2. The van der Waals surface area contributed by atoms with E-state index in [0.717, 1.165) is 25.7 Å². The van der Waals surface area contributed by atoms with Crippen LogP contribution in [0.4, 0.5) is 5.69 Å². The van der Waals surface area contributed by atoms with Crippen molar-refractivity contribution in [3.63, 3.8) is 0 Å². The third-order valence-electron chi connectivity index (χ3n) is 4.33. The van der Waals surface area contributed by atoms with Gasteiger partial charge in [-0.1, -0.05) is 12.8 Å². The molecule has 1 aliphatic rings. The summed E-state index contributed by atoms with van der Waals surface area (Å²) < 4.78 is 0. The Bertz CT molecular complexity index is 827. The number of anilines is 1. The highest BCUT2D eigenvalue weighted by atomic mass is 16.4. The molecule has 1 aromatic carbocycles. The summed E-state index contributed by atoms with van der Waals surface area (Å²) in [6, 6.07) is 9.31. The van der Waals surface area contributed by atoms with Crippen LogP contribution >= 0.6 is 0 Å². The van der Waals surface area contributed by atoms with E-state index in [2.05, 4.69) is 15.6 Å². The van der Waals surface area contributed by atoms with Crippen LogP contribution < -0.4 is 10.6 Å². The second-order valence-electron chi connectivity index (χ2n) is 6.22. The molecule has 7 nitrogen and oxygen atoms in total. The average Bonchev–Trinajstić information content (AvgIpc) is 3.15. The second-order valence-corrected chi connectivity index (χ2v) is 6.22. The lowest BCUT2D eigenvalue weighted by atomic mass is 10.1. The summed E-state index contributed by atoms with van der Waals surface area (Å²) in [6.45, 7) is 0. The maximum atomic E-state index is 12.2. The number of hydrogen-bond donors (Lipinski definition) is 3. The van der Waals surface area contributed by atoms with Gasteiger partial charge in [0.25, 0.3) is 11.8 Å². The number of aromatic carboxylic acids is 1. The zero-order valence-corrected chi connectivity index (χ0v) is 14.1. The van der Waals surface area contributed by atoms with Crippen LogP contribution in [-0.4, -0.2) is 33.9 Å². The molecule has 0 aliphatic heterocycles. The van der Waals surface area contributed by atoms with Crippen molar-refractivity contribution in [1.82, 2.24) is 10.3 Å². The van der Waals surface area contributed by atoms with Gasteiger partial charge in [-0.2, -0.15) is 0 Å². The van der Waals surface area contributed by atoms with E-state index >= 15 is 0 Å². The molecule has 1 aromatic heterocycles. The number of nitrogens with one attached hydrogen (secondary N) is 2. The molecule has 26 heavy (non-hydrogen) atoms. The van der Waals surface area contributed by atoms with Gasteiger partial charge in [-0.05, 0) is 49.2 Å². The molecule has 1 heterocycles. The van der Waals surface area contributed by atoms with Gasteiger partial charge in [0.05, 0.1) is 5.56 Å². The van der Waals surface area contributed by atoms with Gasteiger partial charge in [-0.15, -0.1) is 0 Å². The highest BCUT2D eigenvalue weighted by Crippen LogP contribution is 2.18. The van der Waals surface area contributed by atoms with Crippen molar-refractivity contribution >= 4 is 23.5 Å². The Hall–Kier alpha value is -3.22. The topological polar surface area (TPSA) is 108 Å². The number of pyridine rings is 1. The number of nitrogens with zero attached hydrogens (tertiary/aromatic N) is 1. The monoisotopic (exact) mass is 353 g/mol. The Balaban J connectivity index is 1.63. The number of carbonyl (C=O) groups excluding carboxylic acids is 2. The third kappa shape index (κ3) is 4.24. The van der Waals surface area contributed by atoms with Crippen LogP contribution in [0.15, 0.2) is 42.6 Å². The van der Waals surface area contributed by atoms with Crippen LogP contribution in [-0.2, 0) is 0 Å². The van der Waals surface area contributed by atoms with E-state index in [4.69, 9.17) is 5.11 Å². The number of hydrogen-bond acceptors (Lipinski definition) is 4. The molecule has 134 valence electrons. The number of benzene rings is 1. The quantitative estimate of drug-likeness (QED) is 0.766. The molecule has 2 aromatic rings. The summed E-state index contributed by atoms with van der Waals surface area (Å²) in [4.78, 5) is 39.2. The second kappa shape index (κ2) is 7.77. The van der Waals surface area contributed by atoms with Crippen LogP contribution in [0.1, 0.15) is 56.9 Å². The van der Waals surface area contributed by atoms with Crippen molar-refractivity contribution in [2.45, 2.75) is 31.7 Å². The molecule has 0 spiro atoms. The first-order valence-electron chi connectivity index (χ1n) is 8.44. The van der Waals surface area contributed by atoms with Crippen LogP contribution in [0.2, 0.25) is 0 Å². The third-order valence-corrected chi connectivity index (χ3v) is 4.33. The minimum Gasteiger partial charge on any atom is -0.478 e. The largest absolute Gasteiger partial charge is 0.478 e. The first-order chi connectivity index (χ1) is 12.5. The van der Waals surface area contributed by atoms with Gasteiger partial charge in [0.15, 0.2) is 0 Å². The summed E-state index contributed by atoms with van der Waals surface area (Å²) in [5.41, 5.74) is 1.02. The minimum absolute atomic E-state index is 0.00736. The first-order valence-corrected chi connectivity index (χ1v) is 8.44. The molecule has 0 radical (unpaired) electrons. The first kappa shape index (κ1) is 17.6.